The molecule has 1 aromatic rings. The van der Waals surface area contributed by atoms with Crippen LogP contribution in [0, 0.1) is 0 Å². The fourth-order valence-electron chi connectivity index (χ4n) is 2.68. The number of thiophene rings is 1. The Morgan fingerprint density at radius 3 is 3.00 bits per heavy atom. The minimum Gasteiger partial charge on any atom is -0.379 e. The summed E-state index contributed by atoms with van der Waals surface area (Å²) in [5.74, 6) is 0.0904. The first-order valence-corrected chi connectivity index (χ1v) is 7.84. The third kappa shape index (κ3) is 3.16. The highest BCUT2D eigenvalue weighted by molar-refractivity contribution is 7.14. The maximum atomic E-state index is 12.0. The van der Waals surface area contributed by atoms with E-state index in [1.54, 1.807) is 11.3 Å². The van der Waals surface area contributed by atoms with Crippen molar-refractivity contribution in [3.05, 3.63) is 21.4 Å². The molecule has 1 saturated heterocycles. The van der Waals surface area contributed by atoms with Gasteiger partial charge >= 0.3 is 0 Å². The highest BCUT2D eigenvalue weighted by Crippen LogP contribution is 2.30. The third-order valence-electron chi connectivity index (χ3n) is 3.79. The first-order valence-electron chi connectivity index (χ1n) is 7.03. The van der Waals surface area contributed by atoms with E-state index in [0.29, 0.717) is 0 Å². The molecule has 0 atom stereocenters. The Balaban J connectivity index is 1.45. The number of fused-ring (bicyclic) bond motifs is 1. The fraction of sp³-hybridized carbons (Fsp3) is 0.643. The van der Waals surface area contributed by atoms with Gasteiger partial charge in [-0.25, -0.2) is 0 Å². The molecule has 0 unspecified atom stereocenters. The van der Waals surface area contributed by atoms with Crippen molar-refractivity contribution < 1.29 is 9.53 Å². The summed E-state index contributed by atoms with van der Waals surface area (Å²) in [6.45, 7) is 5.21. The van der Waals surface area contributed by atoms with Gasteiger partial charge in [0.25, 0.3) is 5.91 Å². The fourth-order valence-corrected chi connectivity index (χ4v) is 3.85. The van der Waals surface area contributed by atoms with Crippen molar-refractivity contribution in [2.75, 3.05) is 39.4 Å². The molecule has 0 aromatic carbocycles. The Kier molecular flexibility index (Phi) is 4.15. The standard InChI is InChI=1S/C14H20N2O2S/c17-14(13-10-11-2-1-3-12(11)19-13)15-4-5-16-6-8-18-9-7-16/h10H,1-9H2,(H,15,17). The Hall–Kier alpha value is -0.910. The first kappa shape index (κ1) is 13.1. The minimum atomic E-state index is 0.0904. The van der Waals surface area contributed by atoms with Crippen LogP contribution in [0.1, 0.15) is 26.5 Å². The van der Waals surface area contributed by atoms with Gasteiger partial charge in [-0.1, -0.05) is 0 Å². The summed E-state index contributed by atoms with van der Waals surface area (Å²) in [6.07, 6.45) is 3.55. The number of morpholine rings is 1. The maximum absolute atomic E-state index is 12.0. The molecule has 1 aliphatic heterocycles. The third-order valence-corrected chi connectivity index (χ3v) is 5.02. The summed E-state index contributed by atoms with van der Waals surface area (Å²) in [4.78, 5) is 16.7. The van der Waals surface area contributed by atoms with E-state index in [4.69, 9.17) is 4.74 Å². The zero-order valence-electron chi connectivity index (χ0n) is 11.1. The van der Waals surface area contributed by atoms with Crippen molar-refractivity contribution in [3.63, 3.8) is 0 Å². The Morgan fingerprint density at radius 2 is 2.21 bits per heavy atom. The number of hydrogen-bond donors (Lipinski definition) is 1. The number of aryl methyl sites for hydroxylation is 2. The molecule has 1 aromatic heterocycles. The van der Waals surface area contributed by atoms with E-state index < -0.39 is 0 Å². The number of hydrogen-bond acceptors (Lipinski definition) is 4. The quantitative estimate of drug-likeness (QED) is 0.904. The van der Waals surface area contributed by atoms with Crippen molar-refractivity contribution in [2.45, 2.75) is 19.3 Å². The smallest absolute Gasteiger partial charge is 0.261 e. The van der Waals surface area contributed by atoms with E-state index >= 15 is 0 Å². The molecule has 2 aliphatic rings. The molecule has 4 nitrogen and oxygen atoms in total. The lowest BCUT2D eigenvalue weighted by molar-refractivity contribution is 0.0383. The number of carbonyl (C=O) groups excluding carboxylic acids is 1. The minimum absolute atomic E-state index is 0.0904. The average Bonchev–Trinajstić information content (AvgIpc) is 3.00. The van der Waals surface area contributed by atoms with Crippen molar-refractivity contribution in [1.82, 2.24) is 10.2 Å². The van der Waals surface area contributed by atoms with Gasteiger partial charge in [0.2, 0.25) is 0 Å². The van der Waals surface area contributed by atoms with Crippen molar-refractivity contribution in [3.8, 4) is 0 Å². The topological polar surface area (TPSA) is 41.6 Å². The molecular weight excluding hydrogens is 260 g/mol. The molecule has 3 rings (SSSR count). The van der Waals surface area contributed by atoms with E-state index in [1.807, 2.05) is 0 Å². The van der Waals surface area contributed by atoms with Gasteiger partial charge in [-0.2, -0.15) is 0 Å². The van der Waals surface area contributed by atoms with Gasteiger partial charge in [-0.3, -0.25) is 9.69 Å². The predicted molar refractivity (Wildman–Crippen MR) is 75.9 cm³/mol. The molecule has 2 heterocycles. The summed E-state index contributed by atoms with van der Waals surface area (Å²) in [5.41, 5.74) is 1.39. The predicted octanol–water partition coefficient (Wildman–Crippen LogP) is 1.30. The van der Waals surface area contributed by atoms with E-state index in [9.17, 15) is 4.79 Å². The Labute approximate surface area is 117 Å². The largest absolute Gasteiger partial charge is 0.379 e. The molecule has 5 heteroatoms. The van der Waals surface area contributed by atoms with E-state index in [2.05, 4.69) is 16.3 Å². The molecule has 1 aliphatic carbocycles. The first-order chi connectivity index (χ1) is 9.33. The van der Waals surface area contributed by atoms with Gasteiger partial charge in [0, 0.05) is 31.1 Å². The number of nitrogens with one attached hydrogen (secondary N) is 1. The molecule has 1 fully saturated rings. The lowest BCUT2D eigenvalue weighted by atomic mass is 10.2. The van der Waals surface area contributed by atoms with Crippen LogP contribution in [0.3, 0.4) is 0 Å². The van der Waals surface area contributed by atoms with Crippen LogP contribution in [-0.2, 0) is 17.6 Å². The molecule has 1 amide bonds. The summed E-state index contributed by atoms with van der Waals surface area (Å²) < 4.78 is 5.30. The molecular formula is C14H20N2O2S. The average molecular weight is 280 g/mol. The van der Waals surface area contributed by atoms with E-state index in [0.717, 1.165) is 57.1 Å². The van der Waals surface area contributed by atoms with Crippen LogP contribution in [0.15, 0.2) is 6.07 Å². The van der Waals surface area contributed by atoms with Crippen molar-refractivity contribution in [2.24, 2.45) is 0 Å². The second-order valence-corrected chi connectivity index (χ2v) is 6.26. The number of ether oxygens (including phenoxy) is 1. The number of carbonyl (C=O) groups is 1. The number of rotatable bonds is 4. The molecule has 19 heavy (non-hydrogen) atoms. The lowest BCUT2D eigenvalue weighted by Crippen LogP contribution is -2.41. The second-order valence-electron chi connectivity index (χ2n) is 5.12. The highest BCUT2D eigenvalue weighted by Gasteiger charge is 2.18. The van der Waals surface area contributed by atoms with Crippen LogP contribution in [0.4, 0.5) is 0 Å². The van der Waals surface area contributed by atoms with Crippen LogP contribution in [0.2, 0.25) is 0 Å². The van der Waals surface area contributed by atoms with Gasteiger partial charge in [0.1, 0.15) is 0 Å². The second kappa shape index (κ2) is 6.03. The SMILES string of the molecule is O=C(NCCN1CCOCC1)c1cc2c(s1)CCC2. The molecule has 0 radical (unpaired) electrons. The summed E-state index contributed by atoms with van der Waals surface area (Å²) >= 11 is 1.67. The lowest BCUT2D eigenvalue weighted by Gasteiger charge is -2.26. The van der Waals surface area contributed by atoms with Gasteiger partial charge < -0.3 is 10.1 Å². The Morgan fingerprint density at radius 1 is 1.37 bits per heavy atom. The molecule has 1 N–H and O–H groups in total. The van der Waals surface area contributed by atoms with Gasteiger partial charge in [0.05, 0.1) is 18.1 Å². The molecule has 0 bridgehead atoms. The van der Waals surface area contributed by atoms with Crippen LogP contribution in [-0.4, -0.2) is 50.2 Å². The van der Waals surface area contributed by atoms with Gasteiger partial charge in [-0.05, 0) is 30.9 Å². The van der Waals surface area contributed by atoms with Crippen molar-refractivity contribution >= 4 is 17.2 Å². The van der Waals surface area contributed by atoms with Crippen LogP contribution >= 0.6 is 11.3 Å². The maximum Gasteiger partial charge on any atom is 0.261 e. The number of amides is 1. The summed E-state index contributed by atoms with van der Waals surface area (Å²) in [5, 5.41) is 3.02. The Bertz CT molecular complexity index is 431. The number of nitrogens with zero attached hydrogens (tertiary/aromatic N) is 1. The normalized spacial score (nSPS) is 19.4. The van der Waals surface area contributed by atoms with Crippen LogP contribution in [0.5, 0.6) is 0 Å². The van der Waals surface area contributed by atoms with E-state index in [-0.39, 0.29) is 5.91 Å². The summed E-state index contributed by atoms with van der Waals surface area (Å²) in [6, 6.07) is 2.08. The monoisotopic (exact) mass is 280 g/mol. The van der Waals surface area contributed by atoms with Gasteiger partial charge in [-0.15, -0.1) is 11.3 Å². The molecule has 0 saturated carbocycles. The van der Waals surface area contributed by atoms with Crippen molar-refractivity contribution in [1.29, 1.82) is 0 Å². The zero-order valence-corrected chi connectivity index (χ0v) is 11.9. The molecule has 104 valence electrons. The van der Waals surface area contributed by atoms with Crippen LogP contribution < -0.4 is 5.32 Å². The summed E-state index contributed by atoms with van der Waals surface area (Å²) in [7, 11) is 0. The highest BCUT2D eigenvalue weighted by atomic mass is 32.1. The van der Waals surface area contributed by atoms with Gasteiger partial charge in [0.15, 0.2) is 0 Å². The molecule has 0 spiro atoms. The van der Waals surface area contributed by atoms with Crippen LogP contribution in [0.25, 0.3) is 0 Å². The zero-order chi connectivity index (χ0) is 13.1. The van der Waals surface area contributed by atoms with E-state index in [1.165, 1.54) is 16.9 Å².